The molecular weight excluding hydrogens is 252 g/mol. The van der Waals surface area contributed by atoms with Crippen molar-refractivity contribution in [1.82, 2.24) is 10.2 Å². The molecule has 2 atom stereocenters. The van der Waals surface area contributed by atoms with E-state index in [1.54, 1.807) is 7.11 Å². The van der Waals surface area contributed by atoms with Gasteiger partial charge in [-0.2, -0.15) is 0 Å². The van der Waals surface area contributed by atoms with Gasteiger partial charge in [0.2, 0.25) is 0 Å². The Balaban J connectivity index is 3.96. The first-order valence-electron chi connectivity index (χ1n) is 8.11. The Morgan fingerprint density at radius 2 is 2.00 bits per heavy atom. The highest BCUT2D eigenvalue weighted by atomic mass is 16.5. The van der Waals surface area contributed by atoms with Gasteiger partial charge in [-0.15, -0.1) is 0 Å². The van der Waals surface area contributed by atoms with Gasteiger partial charge in [0.1, 0.15) is 0 Å². The predicted octanol–water partition coefficient (Wildman–Crippen LogP) is 2.26. The van der Waals surface area contributed by atoms with Crippen molar-refractivity contribution < 1.29 is 9.84 Å². The van der Waals surface area contributed by atoms with Gasteiger partial charge in [0, 0.05) is 18.7 Å². The Morgan fingerprint density at radius 1 is 1.30 bits per heavy atom. The van der Waals surface area contributed by atoms with Gasteiger partial charge >= 0.3 is 0 Å². The molecule has 0 aliphatic rings. The standard InChI is InChI=1S/C16H36N2O2/c1-6-11-17-16(4,14-19)10-8-9-12-18(7-2)15(3)13-20-5/h15,17,19H,6-14H2,1-5H3. The Bertz CT molecular complexity index is 227. The first kappa shape index (κ1) is 19.8. The molecule has 4 nitrogen and oxygen atoms in total. The Kier molecular flexibility index (Phi) is 11.4. The molecule has 0 aromatic carbocycles. The van der Waals surface area contributed by atoms with E-state index in [9.17, 15) is 5.11 Å². The van der Waals surface area contributed by atoms with Crippen molar-refractivity contribution in [2.24, 2.45) is 0 Å². The number of unbranched alkanes of at least 4 members (excludes halogenated alkanes) is 1. The second kappa shape index (κ2) is 11.5. The van der Waals surface area contributed by atoms with Gasteiger partial charge in [0.25, 0.3) is 0 Å². The van der Waals surface area contributed by atoms with E-state index in [2.05, 4.69) is 37.9 Å². The largest absolute Gasteiger partial charge is 0.394 e. The van der Waals surface area contributed by atoms with E-state index in [1.807, 2.05) is 0 Å². The fraction of sp³-hybridized carbons (Fsp3) is 1.00. The maximum absolute atomic E-state index is 9.54. The van der Waals surface area contributed by atoms with Crippen LogP contribution < -0.4 is 5.32 Å². The van der Waals surface area contributed by atoms with Crippen molar-refractivity contribution in [3.63, 3.8) is 0 Å². The molecule has 0 aromatic rings. The zero-order chi connectivity index (χ0) is 15.4. The number of likely N-dealkylation sites (N-methyl/N-ethyl adjacent to an activating group) is 1. The zero-order valence-corrected chi connectivity index (χ0v) is 14.2. The van der Waals surface area contributed by atoms with Gasteiger partial charge in [0.05, 0.1) is 13.2 Å². The molecule has 20 heavy (non-hydrogen) atoms. The SMILES string of the molecule is CCCNC(C)(CO)CCCCN(CC)C(C)COC. The number of aliphatic hydroxyl groups is 1. The van der Waals surface area contributed by atoms with Crippen molar-refractivity contribution >= 4 is 0 Å². The minimum absolute atomic E-state index is 0.120. The van der Waals surface area contributed by atoms with E-state index in [-0.39, 0.29) is 12.1 Å². The third kappa shape index (κ3) is 8.20. The summed E-state index contributed by atoms with van der Waals surface area (Å²) < 4.78 is 5.22. The van der Waals surface area contributed by atoms with Crippen LogP contribution in [-0.2, 0) is 4.74 Å². The van der Waals surface area contributed by atoms with Gasteiger partial charge in [-0.1, -0.05) is 20.3 Å². The summed E-state index contributed by atoms with van der Waals surface area (Å²) in [6, 6.07) is 0.479. The summed E-state index contributed by atoms with van der Waals surface area (Å²) in [4.78, 5) is 2.46. The number of hydrogen-bond acceptors (Lipinski definition) is 4. The van der Waals surface area contributed by atoms with E-state index < -0.39 is 0 Å². The van der Waals surface area contributed by atoms with Gasteiger partial charge in [0.15, 0.2) is 0 Å². The third-order valence-electron chi connectivity index (χ3n) is 4.01. The highest BCUT2D eigenvalue weighted by molar-refractivity contribution is 4.82. The smallest absolute Gasteiger partial charge is 0.0615 e. The van der Waals surface area contributed by atoms with Crippen LogP contribution in [0.25, 0.3) is 0 Å². The number of nitrogens with one attached hydrogen (secondary N) is 1. The second-order valence-corrected chi connectivity index (χ2v) is 6.04. The lowest BCUT2D eigenvalue weighted by Crippen LogP contribution is -2.46. The molecule has 4 heteroatoms. The van der Waals surface area contributed by atoms with E-state index >= 15 is 0 Å². The average molecular weight is 288 g/mol. The van der Waals surface area contributed by atoms with Crippen molar-refractivity contribution in [2.75, 3.05) is 40.0 Å². The fourth-order valence-corrected chi connectivity index (χ4v) is 2.52. The van der Waals surface area contributed by atoms with Crippen molar-refractivity contribution in [1.29, 1.82) is 0 Å². The second-order valence-electron chi connectivity index (χ2n) is 6.04. The first-order chi connectivity index (χ1) is 9.52. The molecule has 0 heterocycles. The van der Waals surface area contributed by atoms with Crippen LogP contribution in [0.1, 0.15) is 53.4 Å². The highest BCUT2D eigenvalue weighted by Crippen LogP contribution is 2.14. The van der Waals surface area contributed by atoms with Crippen LogP contribution in [0.5, 0.6) is 0 Å². The lowest BCUT2D eigenvalue weighted by molar-refractivity contribution is 0.0998. The Morgan fingerprint density at radius 3 is 2.50 bits per heavy atom. The van der Waals surface area contributed by atoms with Crippen molar-refractivity contribution in [3.8, 4) is 0 Å². The van der Waals surface area contributed by atoms with Gasteiger partial charge in [-0.25, -0.2) is 0 Å². The number of ether oxygens (including phenoxy) is 1. The molecule has 2 unspecified atom stereocenters. The quantitative estimate of drug-likeness (QED) is 0.510. The first-order valence-corrected chi connectivity index (χ1v) is 8.11. The monoisotopic (exact) mass is 288 g/mol. The van der Waals surface area contributed by atoms with Gasteiger partial charge < -0.3 is 15.2 Å². The fourth-order valence-electron chi connectivity index (χ4n) is 2.52. The molecule has 0 saturated heterocycles. The summed E-state index contributed by atoms with van der Waals surface area (Å²) in [7, 11) is 1.76. The molecule has 0 spiro atoms. The summed E-state index contributed by atoms with van der Waals surface area (Å²) >= 11 is 0. The molecule has 0 amide bonds. The summed E-state index contributed by atoms with van der Waals surface area (Å²) in [5, 5.41) is 13.0. The number of hydrogen-bond donors (Lipinski definition) is 2. The van der Waals surface area contributed by atoms with E-state index in [1.165, 1.54) is 6.42 Å². The third-order valence-corrected chi connectivity index (χ3v) is 4.01. The summed E-state index contributed by atoms with van der Waals surface area (Å²) in [5.41, 5.74) is -0.120. The van der Waals surface area contributed by atoms with Crippen LogP contribution in [0.2, 0.25) is 0 Å². The average Bonchev–Trinajstić information content (AvgIpc) is 2.45. The van der Waals surface area contributed by atoms with Crippen LogP contribution in [0.3, 0.4) is 0 Å². The lowest BCUT2D eigenvalue weighted by Gasteiger charge is -2.30. The lowest BCUT2D eigenvalue weighted by atomic mass is 9.95. The minimum atomic E-state index is -0.120. The van der Waals surface area contributed by atoms with Gasteiger partial charge in [-0.3, -0.25) is 4.90 Å². The Labute approximate surface area is 125 Å². The molecule has 0 aliphatic heterocycles. The summed E-state index contributed by atoms with van der Waals surface area (Å²) in [6.07, 6.45) is 4.45. The Hall–Kier alpha value is -0.160. The van der Waals surface area contributed by atoms with Crippen LogP contribution in [-0.4, -0.2) is 61.5 Å². The minimum Gasteiger partial charge on any atom is -0.394 e. The molecule has 0 rings (SSSR count). The van der Waals surface area contributed by atoms with Crippen LogP contribution in [0, 0.1) is 0 Å². The molecule has 2 N–H and O–H groups in total. The molecule has 0 fully saturated rings. The maximum atomic E-state index is 9.54. The molecule has 0 aromatic heterocycles. The van der Waals surface area contributed by atoms with Crippen LogP contribution in [0.4, 0.5) is 0 Å². The number of methoxy groups -OCH3 is 1. The molecule has 0 saturated carbocycles. The molecule has 122 valence electrons. The van der Waals surface area contributed by atoms with Crippen molar-refractivity contribution in [2.45, 2.75) is 65.0 Å². The van der Waals surface area contributed by atoms with E-state index in [0.717, 1.165) is 45.5 Å². The molecule has 0 bridgehead atoms. The molecular formula is C16H36N2O2. The maximum Gasteiger partial charge on any atom is 0.0615 e. The van der Waals surface area contributed by atoms with Crippen molar-refractivity contribution in [3.05, 3.63) is 0 Å². The zero-order valence-electron chi connectivity index (χ0n) is 14.2. The number of rotatable bonds is 13. The normalized spacial score (nSPS) is 16.4. The summed E-state index contributed by atoms with van der Waals surface area (Å²) in [6.45, 7) is 12.8. The van der Waals surface area contributed by atoms with Crippen LogP contribution in [0.15, 0.2) is 0 Å². The molecule has 0 radical (unpaired) electrons. The van der Waals surface area contributed by atoms with Crippen LogP contribution >= 0.6 is 0 Å². The number of aliphatic hydroxyl groups excluding tert-OH is 1. The van der Waals surface area contributed by atoms with E-state index in [4.69, 9.17) is 4.74 Å². The number of nitrogens with zero attached hydrogens (tertiary/aromatic N) is 1. The highest BCUT2D eigenvalue weighted by Gasteiger charge is 2.21. The van der Waals surface area contributed by atoms with E-state index in [0.29, 0.717) is 6.04 Å². The molecule has 0 aliphatic carbocycles. The topological polar surface area (TPSA) is 44.7 Å². The predicted molar refractivity (Wildman–Crippen MR) is 86.2 cm³/mol. The summed E-state index contributed by atoms with van der Waals surface area (Å²) in [5.74, 6) is 0. The van der Waals surface area contributed by atoms with Gasteiger partial charge in [-0.05, 0) is 52.7 Å².